The third kappa shape index (κ3) is 4.90. The zero-order valence-corrected chi connectivity index (χ0v) is 6.08. The normalized spacial score (nSPS) is 9.30. The van der Waals surface area contributed by atoms with Gasteiger partial charge in [0.05, 0.1) is 0 Å². The van der Waals surface area contributed by atoms with Gasteiger partial charge in [0, 0.05) is 26.0 Å². The van der Waals surface area contributed by atoms with Crippen LogP contribution >= 0.6 is 0 Å². The summed E-state index contributed by atoms with van der Waals surface area (Å²) in [6.07, 6.45) is 5.80. The summed E-state index contributed by atoms with van der Waals surface area (Å²) in [5.41, 5.74) is 0. The van der Waals surface area contributed by atoms with Gasteiger partial charge in [0.25, 0.3) is 0 Å². The first kappa shape index (κ1) is 8.75. The van der Waals surface area contributed by atoms with Gasteiger partial charge in [-0.05, 0) is 0 Å². The van der Waals surface area contributed by atoms with E-state index >= 15 is 0 Å². The molecule has 0 spiro atoms. The second kappa shape index (κ2) is 5.88. The van der Waals surface area contributed by atoms with Crippen molar-refractivity contribution in [3.63, 3.8) is 0 Å². The molecule has 0 saturated carbocycles. The number of nitrogens with one attached hydrogen (secondary N) is 1. The van der Waals surface area contributed by atoms with Crippen LogP contribution in [0.1, 0.15) is 0 Å². The molecule has 0 aliphatic rings. The molecule has 0 heterocycles. The molecule has 0 aliphatic carbocycles. The summed E-state index contributed by atoms with van der Waals surface area (Å²) in [4.78, 5) is 11.4. The van der Waals surface area contributed by atoms with Crippen LogP contribution in [-0.4, -0.2) is 24.9 Å². The summed E-state index contributed by atoms with van der Waals surface area (Å²) in [6.45, 7) is 4.23. The molecule has 0 fully saturated rings. The van der Waals surface area contributed by atoms with E-state index in [1.54, 1.807) is 25.5 Å². The molecule has 3 nitrogen and oxygen atoms in total. The zero-order chi connectivity index (χ0) is 7.82. The molecule has 0 saturated heterocycles. The van der Waals surface area contributed by atoms with Crippen molar-refractivity contribution in [2.75, 3.05) is 13.6 Å². The van der Waals surface area contributed by atoms with Gasteiger partial charge in [0.1, 0.15) is 0 Å². The lowest BCUT2D eigenvalue weighted by atomic mass is 10.6. The number of hydrogen-bond acceptors (Lipinski definition) is 2. The minimum absolute atomic E-state index is 0.712. The lowest BCUT2D eigenvalue weighted by Crippen LogP contribution is -2.10. The monoisotopic (exact) mass is 140 g/mol. The fourth-order valence-corrected chi connectivity index (χ4v) is 0.357. The van der Waals surface area contributed by atoms with E-state index in [0.29, 0.717) is 6.54 Å². The number of rotatable bonds is 5. The molecule has 10 heavy (non-hydrogen) atoms. The molecule has 0 bridgehead atoms. The Morgan fingerprint density at radius 1 is 1.70 bits per heavy atom. The summed E-state index contributed by atoms with van der Waals surface area (Å²) >= 11 is 0. The van der Waals surface area contributed by atoms with Crippen LogP contribution in [0.2, 0.25) is 0 Å². The van der Waals surface area contributed by atoms with Crippen molar-refractivity contribution in [2.45, 2.75) is 0 Å². The quantitative estimate of drug-likeness (QED) is 0.339. The molecule has 56 valence electrons. The van der Waals surface area contributed by atoms with Crippen LogP contribution in [-0.2, 0) is 4.79 Å². The lowest BCUT2D eigenvalue weighted by molar-refractivity contribution is -0.115. The van der Waals surface area contributed by atoms with E-state index in [1.807, 2.05) is 0 Å². The molecule has 0 rings (SSSR count). The SMILES string of the molecule is C=CCN/C=C\N(C)C=O. The number of nitrogens with zero attached hydrogens (tertiary/aromatic N) is 1. The van der Waals surface area contributed by atoms with Crippen molar-refractivity contribution in [3.8, 4) is 0 Å². The molecule has 0 atom stereocenters. The molecule has 1 amide bonds. The van der Waals surface area contributed by atoms with E-state index in [9.17, 15) is 4.79 Å². The molecular weight excluding hydrogens is 128 g/mol. The molecule has 0 aromatic rings. The minimum Gasteiger partial charge on any atom is -0.386 e. The predicted molar refractivity (Wildman–Crippen MR) is 41.2 cm³/mol. The summed E-state index contributed by atoms with van der Waals surface area (Å²) in [7, 11) is 1.67. The van der Waals surface area contributed by atoms with Crippen molar-refractivity contribution >= 4 is 6.41 Å². The maximum absolute atomic E-state index is 10.00. The first-order valence-electron chi connectivity index (χ1n) is 2.99. The van der Waals surface area contributed by atoms with E-state index in [1.165, 1.54) is 4.90 Å². The van der Waals surface area contributed by atoms with E-state index in [-0.39, 0.29) is 0 Å². The van der Waals surface area contributed by atoms with Gasteiger partial charge in [-0.15, -0.1) is 6.58 Å². The van der Waals surface area contributed by atoms with Crippen molar-refractivity contribution < 1.29 is 4.79 Å². The van der Waals surface area contributed by atoms with Gasteiger partial charge in [0.2, 0.25) is 6.41 Å². The second-order valence-corrected chi connectivity index (χ2v) is 1.78. The van der Waals surface area contributed by atoms with E-state index in [4.69, 9.17) is 0 Å². The average molecular weight is 140 g/mol. The van der Waals surface area contributed by atoms with Gasteiger partial charge in [-0.25, -0.2) is 0 Å². The maximum Gasteiger partial charge on any atom is 0.213 e. The number of carbonyl (C=O) groups is 1. The minimum atomic E-state index is 0.712. The summed E-state index contributed by atoms with van der Waals surface area (Å²) < 4.78 is 0. The fourth-order valence-electron chi connectivity index (χ4n) is 0.357. The Hall–Kier alpha value is -1.25. The highest BCUT2D eigenvalue weighted by molar-refractivity contribution is 5.48. The number of hydrogen-bond donors (Lipinski definition) is 1. The lowest BCUT2D eigenvalue weighted by Gasteiger charge is -2.00. The standard InChI is InChI=1S/C7H12N2O/c1-3-4-8-5-6-9(2)7-10/h3,5-8H,1,4H2,2H3/b6-5-. The van der Waals surface area contributed by atoms with Crippen LogP contribution in [0, 0.1) is 0 Å². The Morgan fingerprint density at radius 3 is 2.90 bits per heavy atom. The smallest absolute Gasteiger partial charge is 0.213 e. The Morgan fingerprint density at radius 2 is 2.40 bits per heavy atom. The Bertz CT molecular complexity index is 132. The highest BCUT2D eigenvalue weighted by atomic mass is 16.1. The molecule has 3 heteroatoms. The first-order chi connectivity index (χ1) is 4.81. The van der Waals surface area contributed by atoms with Crippen molar-refractivity contribution in [1.82, 2.24) is 10.2 Å². The highest BCUT2D eigenvalue weighted by Gasteiger charge is 1.79. The van der Waals surface area contributed by atoms with Gasteiger partial charge >= 0.3 is 0 Å². The largest absolute Gasteiger partial charge is 0.386 e. The molecule has 0 unspecified atom stereocenters. The van der Waals surface area contributed by atoms with Crippen LogP contribution in [0.15, 0.2) is 25.1 Å². The number of amides is 1. The molecule has 0 aromatic heterocycles. The Labute approximate surface area is 61.0 Å². The van der Waals surface area contributed by atoms with Gasteiger partial charge in [-0.1, -0.05) is 6.08 Å². The third-order valence-corrected chi connectivity index (χ3v) is 0.856. The fraction of sp³-hybridized carbons (Fsp3) is 0.286. The van der Waals surface area contributed by atoms with Crippen molar-refractivity contribution in [1.29, 1.82) is 0 Å². The predicted octanol–water partition coefficient (Wildman–Crippen LogP) is 0.321. The summed E-state index contributed by atoms with van der Waals surface area (Å²) in [5.74, 6) is 0. The van der Waals surface area contributed by atoms with Crippen LogP contribution in [0.5, 0.6) is 0 Å². The summed E-state index contributed by atoms with van der Waals surface area (Å²) in [6, 6.07) is 0. The first-order valence-corrected chi connectivity index (χ1v) is 2.99. The molecule has 0 aliphatic heterocycles. The average Bonchev–Trinajstić information content (AvgIpc) is 1.98. The van der Waals surface area contributed by atoms with Gasteiger partial charge in [0.15, 0.2) is 0 Å². The Balaban J connectivity index is 3.34. The van der Waals surface area contributed by atoms with Gasteiger partial charge in [-0.3, -0.25) is 4.79 Å². The molecular formula is C7H12N2O. The highest BCUT2D eigenvalue weighted by Crippen LogP contribution is 1.74. The van der Waals surface area contributed by atoms with E-state index in [2.05, 4.69) is 11.9 Å². The number of carbonyl (C=O) groups excluding carboxylic acids is 1. The van der Waals surface area contributed by atoms with Crippen molar-refractivity contribution in [2.24, 2.45) is 0 Å². The molecule has 0 radical (unpaired) electrons. The van der Waals surface area contributed by atoms with Crippen LogP contribution < -0.4 is 5.32 Å². The van der Waals surface area contributed by atoms with Crippen LogP contribution in [0.4, 0.5) is 0 Å². The van der Waals surface area contributed by atoms with E-state index < -0.39 is 0 Å². The van der Waals surface area contributed by atoms with Crippen molar-refractivity contribution in [3.05, 3.63) is 25.1 Å². The summed E-state index contributed by atoms with van der Waals surface area (Å²) in [5, 5.41) is 2.90. The molecule has 0 aromatic carbocycles. The zero-order valence-electron chi connectivity index (χ0n) is 6.08. The van der Waals surface area contributed by atoms with Gasteiger partial charge in [-0.2, -0.15) is 0 Å². The third-order valence-electron chi connectivity index (χ3n) is 0.856. The van der Waals surface area contributed by atoms with Crippen LogP contribution in [0.3, 0.4) is 0 Å². The van der Waals surface area contributed by atoms with Gasteiger partial charge < -0.3 is 10.2 Å². The molecule has 1 N–H and O–H groups in total. The van der Waals surface area contributed by atoms with E-state index in [0.717, 1.165) is 6.41 Å². The maximum atomic E-state index is 10.00. The van der Waals surface area contributed by atoms with Crippen LogP contribution in [0.25, 0.3) is 0 Å². The second-order valence-electron chi connectivity index (χ2n) is 1.78. The topological polar surface area (TPSA) is 32.3 Å². The Kier molecular flexibility index (Phi) is 5.14.